The smallest absolute Gasteiger partial charge is 0.258 e. The number of aromatic nitrogens is 1. The van der Waals surface area contributed by atoms with Gasteiger partial charge in [0.15, 0.2) is 0 Å². The summed E-state index contributed by atoms with van der Waals surface area (Å²) in [5.74, 6) is 0.144. The van der Waals surface area contributed by atoms with E-state index in [-0.39, 0.29) is 11.4 Å². The third-order valence-electron chi connectivity index (χ3n) is 4.41. The first-order chi connectivity index (χ1) is 11.6. The first-order valence-electron chi connectivity index (χ1n) is 7.92. The fourth-order valence-corrected chi connectivity index (χ4v) is 3.23. The van der Waals surface area contributed by atoms with Gasteiger partial charge in [-0.3, -0.25) is 4.79 Å². The van der Waals surface area contributed by atoms with E-state index in [0.717, 1.165) is 11.3 Å². The Kier molecular flexibility index (Phi) is 4.13. The fraction of sp³-hybridized carbons (Fsp3) is 0.263. The lowest BCUT2D eigenvalue weighted by Crippen LogP contribution is -2.32. The van der Waals surface area contributed by atoms with E-state index in [2.05, 4.69) is 6.07 Å². The average Bonchev–Trinajstić information content (AvgIpc) is 2.55. The van der Waals surface area contributed by atoms with E-state index in [0.29, 0.717) is 29.9 Å². The number of hydrogen-bond donors (Lipinski definition) is 1. The van der Waals surface area contributed by atoms with Gasteiger partial charge in [0.2, 0.25) is 5.88 Å². The van der Waals surface area contributed by atoms with Crippen LogP contribution in [0.4, 0.5) is 0 Å². The lowest BCUT2D eigenvalue weighted by Gasteiger charge is -2.27. The third kappa shape index (κ3) is 2.56. The molecule has 0 bridgehead atoms. The normalized spacial score (nSPS) is 16.3. The molecule has 5 heteroatoms. The molecule has 1 aromatic carbocycles. The van der Waals surface area contributed by atoms with Crippen molar-refractivity contribution in [1.82, 2.24) is 4.57 Å². The van der Waals surface area contributed by atoms with Gasteiger partial charge in [-0.05, 0) is 25.8 Å². The molecule has 0 radical (unpaired) electrons. The van der Waals surface area contributed by atoms with Gasteiger partial charge in [-0.1, -0.05) is 30.3 Å². The molecular formula is C19H19N3O2. The maximum Gasteiger partial charge on any atom is 0.258 e. The lowest BCUT2D eigenvalue weighted by molar-refractivity contribution is 0.382. The van der Waals surface area contributed by atoms with Crippen LogP contribution in [0.25, 0.3) is 0 Å². The Morgan fingerprint density at radius 1 is 1.33 bits per heavy atom. The number of allylic oxidation sites excluding steroid dienone is 1. The number of hydrogen-bond acceptors (Lipinski definition) is 4. The molecule has 0 unspecified atom stereocenters. The Labute approximate surface area is 140 Å². The molecule has 0 amide bonds. The molecule has 0 fully saturated rings. The predicted molar refractivity (Wildman–Crippen MR) is 91.5 cm³/mol. The zero-order valence-electron chi connectivity index (χ0n) is 13.7. The molecule has 0 saturated carbocycles. The van der Waals surface area contributed by atoms with Crippen LogP contribution in [-0.2, 0) is 13.0 Å². The maximum absolute atomic E-state index is 12.9. The molecule has 5 nitrogen and oxygen atoms in total. The van der Waals surface area contributed by atoms with Crippen LogP contribution in [0.15, 0.2) is 52.6 Å². The molecular weight excluding hydrogens is 302 g/mol. The van der Waals surface area contributed by atoms with Crippen LogP contribution in [0.5, 0.6) is 5.75 Å². The molecule has 2 heterocycles. The number of ether oxygens (including phenoxy) is 1. The van der Waals surface area contributed by atoms with E-state index in [1.54, 1.807) is 4.57 Å². The number of aryl methyl sites for hydroxylation is 1. The highest BCUT2D eigenvalue weighted by atomic mass is 16.5. The summed E-state index contributed by atoms with van der Waals surface area (Å²) in [4.78, 5) is 12.9. The molecule has 2 N–H and O–H groups in total. The Balaban J connectivity index is 2.20. The second kappa shape index (κ2) is 6.25. The highest BCUT2D eigenvalue weighted by Crippen LogP contribution is 2.38. The quantitative estimate of drug-likeness (QED) is 0.942. The van der Waals surface area contributed by atoms with Crippen molar-refractivity contribution < 1.29 is 4.74 Å². The molecule has 1 atom stereocenters. The lowest BCUT2D eigenvalue weighted by atomic mass is 9.85. The minimum atomic E-state index is -0.396. The highest BCUT2D eigenvalue weighted by molar-refractivity contribution is 5.50. The topological polar surface area (TPSA) is 81.0 Å². The number of rotatable bonds is 3. The van der Waals surface area contributed by atoms with Crippen LogP contribution >= 0.6 is 0 Å². The van der Waals surface area contributed by atoms with Crippen LogP contribution in [0.2, 0.25) is 0 Å². The Morgan fingerprint density at radius 3 is 2.67 bits per heavy atom. The molecule has 1 aliphatic heterocycles. The van der Waals surface area contributed by atoms with Gasteiger partial charge in [0, 0.05) is 24.2 Å². The maximum atomic E-state index is 12.9. The largest absolute Gasteiger partial charge is 0.440 e. The zero-order chi connectivity index (χ0) is 17.3. The summed E-state index contributed by atoms with van der Waals surface area (Å²) in [5, 5.41) is 9.53. The first kappa shape index (κ1) is 15.9. The number of benzene rings is 1. The van der Waals surface area contributed by atoms with Crippen LogP contribution in [0.1, 0.15) is 29.7 Å². The van der Waals surface area contributed by atoms with Gasteiger partial charge >= 0.3 is 0 Å². The van der Waals surface area contributed by atoms with Gasteiger partial charge in [0.25, 0.3) is 5.56 Å². The van der Waals surface area contributed by atoms with Gasteiger partial charge in [0.1, 0.15) is 11.8 Å². The van der Waals surface area contributed by atoms with Crippen molar-refractivity contribution in [1.29, 1.82) is 5.26 Å². The summed E-state index contributed by atoms with van der Waals surface area (Å²) >= 11 is 0. The predicted octanol–water partition coefficient (Wildman–Crippen LogP) is 2.59. The van der Waals surface area contributed by atoms with Crippen molar-refractivity contribution in [2.45, 2.75) is 32.7 Å². The fourth-order valence-electron chi connectivity index (χ4n) is 3.23. The molecule has 3 rings (SSSR count). The van der Waals surface area contributed by atoms with Crippen molar-refractivity contribution >= 4 is 0 Å². The van der Waals surface area contributed by atoms with Crippen molar-refractivity contribution in [3.63, 3.8) is 0 Å². The van der Waals surface area contributed by atoms with E-state index >= 15 is 0 Å². The summed E-state index contributed by atoms with van der Waals surface area (Å²) < 4.78 is 7.28. The summed E-state index contributed by atoms with van der Waals surface area (Å²) in [6.07, 6.45) is 0.531. The highest BCUT2D eigenvalue weighted by Gasteiger charge is 2.33. The van der Waals surface area contributed by atoms with Gasteiger partial charge in [-0.25, -0.2) is 0 Å². The molecule has 1 aromatic heterocycles. The SMILES string of the molecule is CCn1c(C)cc2c(c1=O)[C@@H](Cc1ccccc1)C(C#N)=C(N)O2. The Morgan fingerprint density at radius 2 is 2.04 bits per heavy atom. The van der Waals surface area contributed by atoms with Crippen LogP contribution in [0.3, 0.4) is 0 Å². The summed E-state index contributed by atoms with van der Waals surface area (Å²) in [5.41, 5.74) is 8.51. The number of pyridine rings is 1. The van der Waals surface area contributed by atoms with Crippen molar-refractivity contribution in [3.8, 4) is 11.8 Å². The molecule has 2 aromatic rings. The van der Waals surface area contributed by atoms with Crippen LogP contribution < -0.4 is 16.0 Å². The van der Waals surface area contributed by atoms with E-state index in [4.69, 9.17) is 10.5 Å². The van der Waals surface area contributed by atoms with Gasteiger partial charge in [0.05, 0.1) is 11.1 Å². The number of fused-ring (bicyclic) bond motifs is 1. The van der Waals surface area contributed by atoms with Gasteiger partial charge in [-0.15, -0.1) is 0 Å². The van der Waals surface area contributed by atoms with Crippen LogP contribution in [0, 0.1) is 18.3 Å². The van der Waals surface area contributed by atoms with E-state index in [1.165, 1.54) is 0 Å². The molecule has 0 saturated heterocycles. The summed E-state index contributed by atoms with van der Waals surface area (Å²) in [6.45, 7) is 4.35. The zero-order valence-corrected chi connectivity index (χ0v) is 13.7. The number of nitrogens with two attached hydrogens (primary N) is 1. The van der Waals surface area contributed by atoms with Crippen molar-refractivity contribution in [2.24, 2.45) is 5.73 Å². The van der Waals surface area contributed by atoms with Crippen molar-refractivity contribution in [3.05, 3.63) is 75.0 Å². The Hall–Kier alpha value is -3.00. The van der Waals surface area contributed by atoms with E-state index in [1.807, 2.05) is 50.2 Å². The van der Waals surface area contributed by atoms with Gasteiger partial charge < -0.3 is 15.0 Å². The molecule has 1 aliphatic rings. The summed E-state index contributed by atoms with van der Waals surface area (Å²) in [7, 11) is 0. The minimum Gasteiger partial charge on any atom is -0.440 e. The third-order valence-corrected chi connectivity index (χ3v) is 4.41. The second-order valence-corrected chi connectivity index (χ2v) is 5.85. The second-order valence-electron chi connectivity index (χ2n) is 5.85. The van der Waals surface area contributed by atoms with E-state index in [9.17, 15) is 10.1 Å². The van der Waals surface area contributed by atoms with E-state index < -0.39 is 5.92 Å². The monoisotopic (exact) mass is 321 g/mol. The Bertz CT molecular complexity index is 905. The van der Waals surface area contributed by atoms with Gasteiger partial charge in [-0.2, -0.15) is 5.26 Å². The minimum absolute atomic E-state index is 0.0824. The number of nitrogens with zero attached hydrogens (tertiary/aromatic N) is 2. The molecule has 0 spiro atoms. The average molecular weight is 321 g/mol. The standard InChI is InChI=1S/C19H19N3O2/c1-3-22-12(2)9-16-17(19(22)23)14(15(11-20)18(21)24-16)10-13-7-5-4-6-8-13/h4-9,14H,3,10,21H2,1-2H3/t14-/m0/s1. The first-order valence-corrected chi connectivity index (χ1v) is 7.92. The number of nitriles is 1. The molecule has 24 heavy (non-hydrogen) atoms. The van der Waals surface area contributed by atoms with Crippen LogP contribution in [-0.4, -0.2) is 4.57 Å². The van der Waals surface area contributed by atoms with Crippen molar-refractivity contribution in [2.75, 3.05) is 0 Å². The summed E-state index contributed by atoms with van der Waals surface area (Å²) in [6, 6.07) is 13.7. The molecule has 0 aliphatic carbocycles. The molecule has 122 valence electrons.